The van der Waals surface area contributed by atoms with Crippen LogP contribution in [0.4, 0.5) is 0 Å². The lowest BCUT2D eigenvalue weighted by Gasteiger charge is -2.30. The number of amides is 2. The zero-order valence-electron chi connectivity index (χ0n) is 19.6. The van der Waals surface area contributed by atoms with Crippen LogP contribution in [0, 0.1) is 0 Å². The Morgan fingerprint density at radius 2 is 1.56 bits per heavy atom. The molecule has 0 aliphatic rings. The number of hydrogen-bond donors (Lipinski definition) is 1. The zero-order chi connectivity index (χ0) is 23.8. The van der Waals surface area contributed by atoms with Crippen LogP contribution in [0.2, 0.25) is 10.0 Å². The van der Waals surface area contributed by atoms with Crippen LogP contribution in [0.1, 0.15) is 70.1 Å². The third-order valence-electron chi connectivity index (χ3n) is 5.83. The summed E-state index contributed by atoms with van der Waals surface area (Å²) in [4.78, 5) is 27.7. The van der Waals surface area contributed by atoms with Gasteiger partial charge in [0.15, 0.2) is 0 Å². The first-order valence-corrected chi connectivity index (χ1v) is 12.0. The van der Waals surface area contributed by atoms with Gasteiger partial charge in [-0.15, -0.1) is 0 Å². The molecule has 0 heterocycles. The van der Waals surface area contributed by atoms with Crippen molar-refractivity contribution in [3.05, 3.63) is 69.2 Å². The van der Waals surface area contributed by atoms with Crippen molar-refractivity contribution in [2.75, 3.05) is 0 Å². The summed E-state index contributed by atoms with van der Waals surface area (Å²) in [7, 11) is 0. The Morgan fingerprint density at radius 1 is 0.969 bits per heavy atom. The summed E-state index contributed by atoms with van der Waals surface area (Å²) in [5.41, 5.74) is 3.01. The Kier molecular flexibility index (Phi) is 10.0. The van der Waals surface area contributed by atoms with Gasteiger partial charge in [-0.2, -0.15) is 0 Å². The van der Waals surface area contributed by atoms with Crippen LogP contribution in [0.25, 0.3) is 0 Å². The minimum absolute atomic E-state index is 0.0327. The van der Waals surface area contributed by atoms with Gasteiger partial charge in [-0.25, -0.2) is 0 Å². The van der Waals surface area contributed by atoms with Crippen LogP contribution in [0.15, 0.2) is 42.5 Å². The second-order valence-electron chi connectivity index (χ2n) is 8.61. The van der Waals surface area contributed by atoms with Gasteiger partial charge in [-0.1, -0.05) is 74.3 Å². The highest BCUT2D eigenvalue weighted by molar-refractivity contribution is 6.36. The average molecular weight is 477 g/mol. The molecular formula is C26H34Cl2N2O2. The standard InChI is InChI=1S/C26H34Cl2N2O2/c1-6-18(4)29-26(32)19(5)30(16-22-23(27)8-7-9-24(22)28)25(31)15-12-20-10-13-21(14-11-20)17(2)3/h7-11,13-14,17-19H,6,12,15-16H2,1-5H3,(H,29,32)/t18-,19+/m1/s1. The van der Waals surface area contributed by atoms with Gasteiger partial charge in [0.2, 0.25) is 11.8 Å². The fourth-order valence-electron chi connectivity index (χ4n) is 3.37. The van der Waals surface area contributed by atoms with Crippen molar-refractivity contribution in [3.63, 3.8) is 0 Å². The summed E-state index contributed by atoms with van der Waals surface area (Å²) >= 11 is 12.7. The molecule has 174 valence electrons. The molecule has 2 rings (SSSR count). The van der Waals surface area contributed by atoms with Crippen molar-refractivity contribution in [1.82, 2.24) is 10.2 Å². The minimum Gasteiger partial charge on any atom is -0.352 e. The van der Waals surface area contributed by atoms with Crippen LogP contribution in [0.3, 0.4) is 0 Å². The van der Waals surface area contributed by atoms with Gasteiger partial charge in [-0.05, 0) is 55.9 Å². The predicted octanol–water partition coefficient (Wildman–Crippen LogP) is 6.38. The van der Waals surface area contributed by atoms with Gasteiger partial charge in [0.1, 0.15) is 6.04 Å². The van der Waals surface area contributed by atoms with E-state index in [2.05, 4.69) is 43.4 Å². The SMILES string of the molecule is CC[C@@H](C)NC(=O)[C@H](C)N(Cc1c(Cl)cccc1Cl)C(=O)CCc1ccc(C(C)C)cc1. The molecule has 0 saturated heterocycles. The maximum Gasteiger partial charge on any atom is 0.242 e. The van der Waals surface area contributed by atoms with E-state index in [-0.39, 0.29) is 24.4 Å². The van der Waals surface area contributed by atoms with Crippen LogP contribution >= 0.6 is 23.2 Å². The Labute approximate surface area is 202 Å². The van der Waals surface area contributed by atoms with E-state index in [4.69, 9.17) is 23.2 Å². The first-order valence-electron chi connectivity index (χ1n) is 11.3. The topological polar surface area (TPSA) is 49.4 Å². The molecule has 0 aromatic heterocycles. The summed E-state index contributed by atoms with van der Waals surface area (Å²) in [5.74, 6) is 0.171. The fraction of sp³-hybridized carbons (Fsp3) is 0.462. The molecule has 0 fully saturated rings. The maximum absolute atomic E-state index is 13.3. The van der Waals surface area contributed by atoms with E-state index in [9.17, 15) is 9.59 Å². The van der Waals surface area contributed by atoms with Crippen molar-refractivity contribution in [2.45, 2.75) is 78.4 Å². The molecule has 0 bridgehead atoms. The maximum atomic E-state index is 13.3. The number of rotatable bonds is 10. The number of carbonyl (C=O) groups is 2. The normalized spacial score (nSPS) is 13.0. The molecule has 4 nitrogen and oxygen atoms in total. The second kappa shape index (κ2) is 12.3. The van der Waals surface area contributed by atoms with Crippen molar-refractivity contribution >= 4 is 35.0 Å². The molecule has 0 spiro atoms. The van der Waals surface area contributed by atoms with Crippen molar-refractivity contribution in [3.8, 4) is 0 Å². The molecule has 2 aromatic carbocycles. The summed E-state index contributed by atoms with van der Waals surface area (Å²) < 4.78 is 0. The molecule has 0 saturated carbocycles. The quantitative estimate of drug-likeness (QED) is 0.432. The number of nitrogens with one attached hydrogen (secondary N) is 1. The van der Waals surface area contributed by atoms with Gasteiger partial charge in [0.25, 0.3) is 0 Å². The molecule has 2 amide bonds. The Morgan fingerprint density at radius 3 is 2.09 bits per heavy atom. The molecule has 0 unspecified atom stereocenters. The molecule has 2 atom stereocenters. The fourth-order valence-corrected chi connectivity index (χ4v) is 3.88. The Balaban J connectivity index is 2.20. The summed E-state index contributed by atoms with van der Waals surface area (Å²) in [5, 5.41) is 3.93. The first kappa shape index (κ1) is 26.2. The number of benzene rings is 2. The number of halogens is 2. The smallest absolute Gasteiger partial charge is 0.242 e. The molecule has 32 heavy (non-hydrogen) atoms. The van der Waals surface area contributed by atoms with E-state index in [1.165, 1.54) is 5.56 Å². The highest BCUT2D eigenvalue weighted by Crippen LogP contribution is 2.27. The lowest BCUT2D eigenvalue weighted by atomic mass is 10.00. The number of nitrogens with zero attached hydrogens (tertiary/aromatic N) is 1. The monoisotopic (exact) mass is 476 g/mol. The van der Waals surface area contributed by atoms with Crippen LogP contribution < -0.4 is 5.32 Å². The van der Waals surface area contributed by atoms with Gasteiger partial charge in [0, 0.05) is 34.6 Å². The van der Waals surface area contributed by atoms with E-state index < -0.39 is 6.04 Å². The van der Waals surface area contributed by atoms with Crippen molar-refractivity contribution < 1.29 is 9.59 Å². The predicted molar refractivity (Wildman–Crippen MR) is 133 cm³/mol. The third kappa shape index (κ3) is 7.25. The summed E-state index contributed by atoms with van der Waals surface area (Å²) in [6, 6.07) is 13.0. The van der Waals surface area contributed by atoms with E-state index in [1.54, 1.807) is 30.0 Å². The highest BCUT2D eigenvalue weighted by atomic mass is 35.5. The van der Waals surface area contributed by atoms with Gasteiger partial charge in [0.05, 0.1) is 0 Å². The largest absolute Gasteiger partial charge is 0.352 e. The van der Waals surface area contributed by atoms with Crippen LogP contribution in [-0.4, -0.2) is 28.8 Å². The number of carbonyl (C=O) groups excluding carboxylic acids is 2. The third-order valence-corrected chi connectivity index (χ3v) is 6.54. The molecule has 0 aliphatic heterocycles. The molecule has 6 heteroatoms. The zero-order valence-corrected chi connectivity index (χ0v) is 21.1. The van der Waals surface area contributed by atoms with Crippen molar-refractivity contribution in [1.29, 1.82) is 0 Å². The number of aryl methyl sites for hydroxylation is 1. The highest BCUT2D eigenvalue weighted by Gasteiger charge is 2.27. The van der Waals surface area contributed by atoms with Gasteiger partial charge < -0.3 is 10.2 Å². The Hall–Kier alpha value is -2.04. The molecule has 2 aromatic rings. The first-order chi connectivity index (χ1) is 15.1. The van der Waals surface area contributed by atoms with E-state index in [1.807, 2.05) is 13.8 Å². The summed E-state index contributed by atoms with van der Waals surface area (Å²) in [6.07, 6.45) is 1.71. The summed E-state index contributed by atoms with van der Waals surface area (Å²) in [6.45, 7) is 10.2. The average Bonchev–Trinajstić information content (AvgIpc) is 2.77. The van der Waals surface area contributed by atoms with Crippen LogP contribution in [0.5, 0.6) is 0 Å². The lowest BCUT2D eigenvalue weighted by Crippen LogP contribution is -2.49. The molecule has 1 N–H and O–H groups in total. The number of hydrogen-bond acceptors (Lipinski definition) is 2. The van der Waals surface area contributed by atoms with E-state index in [0.717, 1.165) is 12.0 Å². The molecule has 0 radical (unpaired) electrons. The molecule has 0 aliphatic carbocycles. The van der Waals surface area contributed by atoms with Crippen LogP contribution in [-0.2, 0) is 22.6 Å². The van der Waals surface area contributed by atoms with E-state index >= 15 is 0 Å². The van der Waals surface area contributed by atoms with E-state index in [0.29, 0.717) is 34.4 Å². The lowest BCUT2D eigenvalue weighted by molar-refractivity contribution is -0.140. The molecular weight excluding hydrogens is 443 g/mol. The Bertz CT molecular complexity index is 892. The van der Waals surface area contributed by atoms with Gasteiger partial charge in [-0.3, -0.25) is 9.59 Å². The van der Waals surface area contributed by atoms with Crippen molar-refractivity contribution in [2.24, 2.45) is 0 Å². The van der Waals surface area contributed by atoms with Gasteiger partial charge >= 0.3 is 0 Å². The second-order valence-corrected chi connectivity index (χ2v) is 9.43. The minimum atomic E-state index is -0.646.